The van der Waals surface area contributed by atoms with Crippen molar-refractivity contribution in [1.82, 2.24) is 19.8 Å². The Morgan fingerprint density at radius 3 is 2.73 bits per heavy atom. The Hall–Kier alpha value is -1.36. The number of imidazole rings is 1. The van der Waals surface area contributed by atoms with Crippen molar-refractivity contribution < 1.29 is 4.79 Å². The summed E-state index contributed by atoms with van der Waals surface area (Å²) in [5.41, 5.74) is 0.532. The minimum atomic E-state index is -0.0175. The molecule has 2 atom stereocenters. The minimum Gasteiger partial charge on any atom is -0.348 e. The third kappa shape index (κ3) is 3.88. The highest BCUT2D eigenvalue weighted by molar-refractivity contribution is 5.92. The summed E-state index contributed by atoms with van der Waals surface area (Å²) >= 11 is 0. The summed E-state index contributed by atoms with van der Waals surface area (Å²) in [6, 6.07) is 0.310. The fourth-order valence-electron chi connectivity index (χ4n) is 3.86. The van der Waals surface area contributed by atoms with E-state index in [2.05, 4.69) is 15.2 Å². The van der Waals surface area contributed by atoms with Crippen LogP contribution in [0.3, 0.4) is 0 Å². The lowest BCUT2D eigenvalue weighted by Gasteiger charge is -2.37. The third-order valence-electron chi connectivity index (χ3n) is 5.10. The number of hydrogen-bond acceptors (Lipinski definition) is 3. The van der Waals surface area contributed by atoms with E-state index in [1.165, 1.54) is 51.6 Å². The summed E-state index contributed by atoms with van der Waals surface area (Å²) in [5, 5.41) is 3.25. The van der Waals surface area contributed by atoms with Gasteiger partial charge >= 0.3 is 0 Å². The van der Waals surface area contributed by atoms with E-state index in [0.717, 1.165) is 13.0 Å². The van der Waals surface area contributed by atoms with Crippen molar-refractivity contribution in [3.63, 3.8) is 0 Å². The summed E-state index contributed by atoms with van der Waals surface area (Å²) in [7, 11) is 1.89. The molecule has 1 aromatic rings. The number of piperidine rings is 1. The van der Waals surface area contributed by atoms with Crippen molar-refractivity contribution in [1.29, 1.82) is 0 Å². The van der Waals surface area contributed by atoms with E-state index in [1.807, 2.05) is 11.6 Å². The third-order valence-corrected chi connectivity index (χ3v) is 5.10. The van der Waals surface area contributed by atoms with Crippen LogP contribution in [0.15, 0.2) is 12.5 Å². The van der Waals surface area contributed by atoms with Crippen LogP contribution in [-0.2, 0) is 7.05 Å². The number of carbonyl (C=O) groups is 1. The number of carbonyl (C=O) groups excluding carboxylic acids is 1. The van der Waals surface area contributed by atoms with Gasteiger partial charge < -0.3 is 14.8 Å². The van der Waals surface area contributed by atoms with Gasteiger partial charge in [0.2, 0.25) is 0 Å². The number of rotatable bonds is 4. The number of hydrogen-bond donors (Lipinski definition) is 1. The molecule has 5 heteroatoms. The first kappa shape index (κ1) is 15.5. The maximum absolute atomic E-state index is 12.4. The van der Waals surface area contributed by atoms with Crippen LogP contribution in [0.4, 0.5) is 0 Å². The molecule has 0 spiro atoms. The van der Waals surface area contributed by atoms with E-state index in [9.17, 15) is 4.79 Å². The predicted molar refractivity (Wildman–Crippen MR) is 86.7 cm³/mol. The summed E-state index contributed by atoms with van der Waals surface area (Å²) in [6.45, 7) is 3.61. The first-order chi connectivity index (χ1) is 10.7. The molecular formula is C17H28N4O. The van der Waals surface area contributed by atoms with E-state index in [-0.39, 0.29) is 5.91 Å². The van der Waals surface area contributed by atoms with Gasteiger partial charge in [-0.3, -0.25) is 4.79 Å². The molecule has 122 valence electrons. The normalized spacial score (nSPS) is 26.8. The molecule has 2 fully saturated rings. The molecule has 22 heavy (non-hydrogen) atoms. The van der Waals surface area contributed by atoms with Gasteiger partial charge in [-0.25, -0.2) is 4.98 Å². The second kappa shape index (κ2) is 7.27. The van der Waals surface area contributed by atoms with Gasteiger partial charge in [-0.2, -0.15) is 0 Å². The van der Waals surface area contributed by atoms with Crippen LogP contribution >= 0.6 is 0 Å². The molecule has 0 aromatic carbocycles. The molecule has 3 rings (SSSR count). The lowest BCUT2D eigenvalue weighted by atomic mass is 9.83. The first-order valence-corrected chi connectivity index (χ1v) is 8.73. The van der Waals surface area contributed by atoms with Crippen LogP contribution < -0.4 is 5.32 Å². The molecule has 1 aliphatic heterocycles. The van der Waals surface area contributed by atoms with Gasteiger partial charge in [-0.05, 0) is 44.7 Å². The Balaban J connectivity index is 1.58. The van der Waals surface area contributed by atoms with E-state index >= 15 is 0 Å². The quantitative estimate of drug-likeness (QED) is 0.928. The largest absolute Gasteiger partial charge is 0.348 e. The summed E-state index contributed by atoms with van der Waals surface area (Å²) in [6.07, 6.45) is 12.4. The molecule has 1 N–H and O–H groups in total. The molecular weight excluding hydrogens is 276 g/mol. The molecule has 5 nitrogen and oxygen atoms in total. The fraction of sp³-hybridized carbons (Fsp3) is 0.765. The van der Waals surface area contributed by atoms with Crippen LogP contribution in [0.25, 0.3) is 0 Å². The average molecular weight is 304 g/mol. The lowest BCUT2D eigenvalue weighted by Crippen LogP contribution is -2.47. The Kier molecular flexibility index (Phi) is 5.13. The fourth-order valence-corrected chi connectivity index (χ4v) is 3.86. The lowest BCUT2D eigenvalue weighted by molar-refractivity contribution is 0.0873. The zero-order valence-electron chi connectivity index (χ0n) is 13.6. The van der Waals surface area contributed by atoms with Crippen LogP contribution in [-0.4, -0.2) is 46.0 Å². The molecule has 1 amide bonds. The van der Waals surface area contributed by atoms with Gasteiger partial charge in [0, 0.05) is 25.8 Å². The standard InChI is InChI=1S/C17H28N4O/c1-20-12-16(18-13-20)17(22)19-15-8-4-3-7-14(15)11-21-9-5-2-6-10-21/h12-15H,2-11H2,1H3,(H,19,22)/t14-,15+/m0/s1. The monoisotopic (exact) mass is 304 g/mol. The van der Waals surface area contributed by atoms with Crippen molar-refractivity contribution in [3.05, 3.63) is 18.2 Å². The van der Waals surface area contributed by atoms with E-state index in [1.54, 1.807) is 12.5 Å². The Morgan fingerprint density at radius 1 is 1.23 bits per heavy atom. The number of aromatic nitrogens is 2. The number of nitrogens with zero attached hydrogens (tertiary/aromatic N) is 3. The second-order valence-corrected chi connectivity index (χ2v) is 6.91. The Bertz CT molecular complexity index is 493. The minimum absolute atomic E-state index is 0.0175. The summed E-state index contributed by atoms with van der Waals surface area (Å²) in [5.74, 6) is 0.579. The van der Waals surface area contributed by atoms with Gasteiger partial charge in [-0.1, -0.05) is 19.3 Å². The molecule has 0 radical (unpaired) electrons. The molecule has 1 aromatic heterocycles. The smallest absolute Gasteiger partial charge is 0.271 e. The molecule has 0 unspecified atom stereocenters. The Labute approximate surface area is 133 Å². The molecule has 2 heterocycles. The molecule has 0 bridgehead atoms. The van der Waals surface area contributed by atoms with Gasteiger partial charge in [0.25, 0.3) is 5.91 Å². The van der Waals surface area contributed by atoms with Crippen LogP contribution in [0.5, 0.6) is 0 Å². The topological polar surface area (TPSA) is 50.2 Å². The molecule has 2 aliphatic rings. The highest BCUT2D eigenvalue weighted by atomic mass is 16.2. The van der Waals surface area contributed by atoms with Crippen LogP contribution in [0.1, 0.15) is 55.4 Å². The predicted octanol–water partition coefficient (Wildman–Crippen LogP) is 2.19. The van der Waals surface area contributed by atoms with E-state index < -0.39 is 0 Å². The number of aryl methyl sites for hydroxylation is 1. The zero-order valence-corrected chi connectivity index (χ0v) is 13.6. The molecule has 1 saturated carbocycles. The van der Waals surface area contributed by atoms with Crippen LogP contribution in [0.2, 0.25) is 0 Å². The zero-order chi connectivity index (χ0) is 15.4. The Morgan fingerprint density at radius 2 is 2.00 bits per heavy atom. The molecule has 1 aliphatic carbocycles. The van der Waals surface area contributed by atoms with Gasteiger partial charge in [0.15, 0.2) is 0 Å². The van der Waals surface area contributed by atoms with E-state index in [0.29, 0.717) is 17.7 Å². The maximum Gasteiger partial charge on any atom is 0.271 e. The first-order valence-electron chi connectivity index (χ1n) is 8.73. The van der Waals surface area contributed by atoms with Crippen molar-refractivity contribution in [2.75, 3.05) is 19.6 Å². The summed E-state index contributed by atoms with van der Waals surface area (Å²) in [4.78, 5) is 19.1. The number of amides is 1. The number of nitrogens with one attached hydrogen (secondary N) is 1. The highest BCUT2D eigenvalue weighted by Gasteiger charge is 2.29. The van der Waals surface area contributed by atoms with Crippen molar-refractivity contribution in [2.45, 2.75) is 51.0 Å². The average Bonchev–Trinajstić information content (AvgIpc) is 2.97. The van der Waals surface area contributed by atoms with Crippen molar-refractivity contribution >= 4 is 5.91 Å². The SMILES string of the molecule is Cn1cnc(C(=O)N[C@@H]2CCCC[C@H]2CN2CCCCC2)c1. The summed E-state index contributed by atoms with van der Waals surface area (Å²) < 4.78 is 1.82. The van der Waals surface area contributed by atoms with Crippen molar-refractivity contribution in [2.24, 2.45) is 13.0 Å². The van der Waals surface area contributed by atoms with Gasteiger partial charge in [0.05, 0.1) is 6.33 Å². The van der Waals surface area contributed by atoms with Crippen molar-refractivity contribution in [3.8, 4) is 0 Å². The van der Waals surface area contributed by atoms with E-state index in [4.69, 9.17) is 0 Å². The second-order valence-electron chi connectivity index (χ2n) is 6.91. The highest BCUT2D eigenvalue weighted by Crippen LogP contribution is 2.26. The van der Waals surface area contributed by atoms with Crippen LogP contribution in [0, 0.1) is 5.92 Å². The number of likely N-dealkylation sites (tertiary alicyclic amines) is 1. The molecule has 1 saturated heterocycles. The van der Waals surface area contributed by atoms with Gasteiger partial charge in [-0.15, -0.1) is 0 Å². The van der Waals surface area contributed by atoms with Gasteiger partial charge in [0.1, 0.15) is 5.69 Å². The maximum atomic E-state index is 12.4.